The van der Waals surface area contributed by atoms with Crippen LogP contribution in [-0.2, 0) is 4.79 Å². The van der Waals surface area contributed by atoms with Gasteiger partial charge in [0.2, 0.25) is 0 Å². The number of thioether (sulfide) groups is 1. The Morgan fingerprint density at radius 2 is 2.04 bits per heavy atom. The summed E-state index contributed by atoms with van der Waals surface area (Å²) in [6.07, 6.45) is 2.24. The summed E-state index contributed by atoms with van der Waals surface area (Å²) in [7, 11) is 0. The molecule has 0 aliphatic carbocycles. The summed E-state index contributed by atoms with van der Waals surface area (Å²) in [4.78, 5) is 37.4. The number of carboxylic acids is 1. The smallest absolute Gasteiger partial charge is 0.335 e. The van der Waals surface area contributed by atoms with E-state index in [9.17, 15) is 14.4 Å². The Hall–Kier alpha value is -2.80. The number of nitrogens with zero attached hydrogens (tertiary/aromatic N) is 1. The predicted octanol–water partition coefficient (Wildman–Crippen LogP) is 4.79. The lowest BCUT2D eigenvalue weighted by atomic mass is 10.0. The Kier molecular flexibility index (Phi) is 5.23. The molecule has 1 atom stereocenters. The molecule has 1 N–H and O–H groups in total. The van der Waals surface area contributed by atoms with Crippen molar-refractivity contribution in [2.75, 3.05) is 0 Å². The highest BCUT2D eigenvalue weighted by Gasteiger charge is 2.37. The van der Waals surface area contributed by atoms with Crippen molar-refractivity contribution in [2.45, 2.75) is 33.2 Å². The van der Waals surface area contributed by atoms with Crippen molar-refractivity contribution in [1.82, 2.24) is 4.90 Å². The molecule has 2 heterocycles. The van der Waals surface area contributed by atoms with Gasteiger partial charge in [-0.05, 0) is 61.9 Å². The van der Waals surface area contributed by atoms with Crippen molar-refractivity contribution < 1.29 is 23.9 Å². The fourth-order valence-electron chi connectivity index (χ4n) is 2.77. The first kappa shape index (κ1) is 19.0. The van der Waals surface area contributed by atoms with Gasteiger partial charge in [0.05, 0.1) is 10.5 Å². The van der Waals surface area contributed by atoms with Crippen LogP contribution >= 0.6 is 11.8 Å². The fourth-order valence-corrected chi connectivity index (χ4v) is 3.68. The van der Waals surface area contributed by atoms with Crippen LogP contribution in [0.4, 0.5) is 4.79 Å². The number of amides is 2. The van der Waals surface area contributed by atoms with Gasteiger partial charge in [-0.2, -0.15) is 0 Å². The van der Waals surface area contributed by atoms with Gasteiger partial charge in [0, 0.05) is 17.7 Å². The Morgan fingerprint density at radius 1 is 1.30 bits per heavy atom. The average molecular weight is 385 g/mol. The fraction of sp³-hybridized carbons (Fsp3) is 0.250. The number of carbonyl (C=O) groups excluding carboxylic acids is 2. The van der Waals surface area contributed by atoms with E-state index in [0.29, 0.717) is 28.4 Å². The van der Waals surface area contributed by atoms with Gasteiger partial charge >= 0.3 is 5.97 Å². The Bertz CT molecular complexity index is 959. The van der Waals surface area contributed by atoms with E-state index in [4.69, 9.17) is 9.52 Å². The van der Waals surface area contributed by atoms with E-state index in [1.165, 1.54) is 11.0 Å². The van der Waals surface area contributed by atoms with Crippen molar-refractivity contribution in [3.8, 4) is 11.3 Å². The minimum Gasteiger partial charge on any atom is -0.478 e. The maximum Gasteiger partial charge on any atom is 0.335 e. The lowest BCUT2D eigenvalue weighted by molar-refractivity contribution is -0.124. The summed E-state index contributed by atoms with van der Waals surface area (Å²) in [5.74, 6) is -0.397. The molecule has 1 aliphatic rings. The first-order chi connectivity index (χ1) is 12.8. The van der Waals surface area contributed by atoms with Crippen LogP contribution < -0.4 is 0 Å². The highest BCUT2D eigenvalue weighted by molar-refractivity contribution is 8.18. The Labute approximate surface area is 160 Å². The van der Waals surface area contributed by atoms with E-state index in [-0.39, 0.29) is 22.8 Å². The van der Waals surface area contributed by atoms with E-state index in [0.717, 1.165) is 17.3 Å². The Balaban J connectivity index is 1.90. The quantitative estimate of drug-likeness (QED) is 0.745. The molecule has 1 aromatic heterocycles. The summed E-state index contributed by atoms with van der Waals surface area (Å²) in [5, 5.41) is 8.89. The van der Waals surface area contributed by atoms with Crippen LogP contribution in [0.15, 0.2) is 39.7 Å². The number of imide groups is 1. The minimum absolute atomic E-state index is 0.156. The van der Waals surface area contributed by atoms with Crippen molar-refractivity contribution >= 4 is 35.0 Å². The first-order valence-electron chi connectivity index (χ1n) is 8.53. The second-order valence-electron chi connectivity index (χ2n) is 6.35. The lowest BCUT2D eigenvalue weighted by Gasteiger charge is -2.19. The van der Waals surface area contributed by atoms with E-state index < -0.39 is 5.97 Å². The van der Waals surface area contributed by atoms with Crippen LogP contribution in [0.5, 0.6) is 0 Å². The number of furan rings is 1. The summed E-state index contributed by atoms with van der Waals surface area (Å²) in [6, 6.07) is 8.07. The molecule has 3 rings (SSSR count). The van der Waals surface area contributed by atoms with E-state index >= 15 is 0 Å². The van der Waals surface area contributed by atoms with Crippen molar-refractivity contribution in [3.05, 3.63) is 52.1 Å². The maximum absolute atomic E-state index is 12.5. The molecule has 0 spiro atoms. The summed E-state index contributed by atoms with van der Waals surface area (Å²) >= 11 is 0.896. The molecule has 2 aromatic rings. The highest BCUT2D eigenvalue weighted by atomic mass is 32.2. The van der Waals surface area contributed by atoms with Crippen molar-refractivity contribution in [3.63, 3.8) is 0 Å². The molecule has 0 unspecified atom stereocenters. The SMILES string of the molecule is CC[C@H](C)N1C(=O)S/C(=C/c2ccc(-c3cc(C(=O)O)ccc3C)o2)C1=O. The topological polar surface area (TPSA) is 87.8 Å². The number of hydrogen-bond donors (Lipinski definition) is 1. The number of benzene rings is 1. The molecule has 1 fully saturated rings. The van der Waals surface area contributed by atoms with Gasteiger partial charge < -0.3 is 9.52 Å². The van der Waals surface area contributed by atoms with Crippen LogP contribution in [-0.4, -0.2) is 33.2 Å². The highest BCUT2D eigenvalue weighted by Crippen LogP contribution is 2.35. The largest absolute Gasteiger partial charge is 0.478 e. The predicted molar refractivity (Wildman–Crippen MR) is 103 cm³/mol. The molecule has 1 saturated heterocycles. The molecule has 2 amide bonds. The normalized spacial score (nSPS) is 17.0. The van der Waals surface area contributed by atoms with Gasteiger partial charge in [-0.15, -0.1) is 0 Å². The van der Waals surface area contributed by atoms with Crippen LogP contribution in [0.25, 0.3) is 17.4 Å². The van der Waals surface area contributed by atoms with Gasteiger partial charge in [-0.25, -0.2) is 4.79 Å². The van der Waals surface area contributed by atoms with E-state index in [1.807, 2.05) is 20.8 Å². The molecular formula is C20H19NO5S. The van der Waals surface area contributed by atoms with Crippen molar-refractivity contribution in [2.24, 2.45) is 0 Å². The van der Waals surface area contributed by atoms with Gasteiger partial charge in [0.1, 0.15) is 11.5 Å². The number of carboxylic acid groups (broad SMARTS) is 1. The van der Waals surface area contributed by atoms with Crippen LogP contribution in [0.3, 0.4) is 0 Å². The van der Waals surface area contributed by atoms with Gasteiger partial charge in [0.25, 0.3) is 11.1 Å². The molecule has 1 aromatic carbocycles. The third-order valence-corrected chi connectivity index (χ3v) is 5.39. The summed E-state index contributed by atoms with van der Waals surface area (Å²) < 4.78 is 5.79. The minimum atomic E-state index is -1.01. The van der Waals surface area contributed by atoms with E-state index in [2.05, 4.69) is 0 Å². The maximum atomic E-state index is 12.5. The number of rotatable bonds is 5. The summed E-state index contributed by atoms with van der Waals surface area (Å²) in [6.45, 7) is 5.62. The summed E-state index contributed by atoms with van der Waals surface area (Å²) in [5.41, 5.74) is 1.71. The van der Waals surface area contributed by atoms with Crippen LogP contribution in [0.1, 0.15) is 41.9 Å². The molecule has 140 valence electrons. The number of hydrogen-bond acceptors (Lipinski definition) is 5. The third-order valence-electron chi connectivity index (χ3n) is 4.51. The molecule has 1 aliphatic heterocycles. The zero-order chi connectivity index (χ0) is 19.7. The second-order valence-corrected chi connectivity index (χ2v) is 7.34. The first-order valence-corrected chi connectivity index (χ1v) is 9.34. The standard InChI is InChI=1S/C20H19NO5S/c1-4-12(3)21-18(22)17(27-20(21)25)10-14-7-8-16(26-14)15-9-13(19(23)24)6-5-11(15)2/h5-10,12H,4H2,1-3H3,(H,23,24)/b17-10+/t12-/m0/s1. The molecule has 6 nitrogen and oxygen atoms in total. The lowest BCUT2D eigenvalue weighted by Crippen LogP contribution is -2.36. The molecular weight excluding hydrogens is 366 g/mol. The van der Waals surface area contributed by atoms with Crippen molar-refractivity contribution in [1.29, 1.82) is 0 Å². The molecule has 0 saturated carbocycles. The second kappa shape index (κ2) is 7.44. The molecule has 0 radical (unpaired) electrons. The van der Waals surface area contributed by atoms with Gasteiger partial charge in [-0.3, -0.25) is 14.5 Å². The van der Waals surface area contributed by atoms with Crippen LogP contribution in [0, 0.1) is 6.92 Å². The van der Waals surface area contributed by atoms with Crippen LogP contribution in [0.2, 0.25) is 0 Å². The molecule has 27 heavy (non-hydrogen) atoms. The zero-order valence-electron chi connectivity index (χ0n) is 15.2. The average Bonchev–Trinajstić information content (AvgIpc) is 3.19. The molecule has 0 bridgehead atoms. The number of aromatic carboxylic acids is 1. The van der Waals surface area contributed by atoms with Gasteiger partial charge in [-0.1, -0.05) is 13.0 Å². The monoisotopic (exact) mass is 385 g/mol. The number of aryl methyl sites for hydroxylation is 1. The van der Waals surface area contributed by atoms with E-state index in [1.54, 1.807) is 30.3 Å². The zero-order valence-corrected chi connectivity index (χ0v) is 16.0. The Morgan fingerprint density at radius 3 is 2.70 bits per heavy atom. The van der Waals surface area contributed by atoms with Gasteiger partial charge in [0.15, 0.2) is 0 Å². The third kappa shape index (κ3) is 3.68. The number of carbonyl (C=O) groups is 3. The molecule has 7 heteroatoms.